The van der Waals surface area contributed by atoms with Crippen LogP contribution in [0.2, 0.25) is 0 Å². The molecular formula is C23H22O6. The van der Waals surface area contributed by atoms with Crippen LogP contribution in [0, 0.1) is 0 Å². The highest BCUT2D eigenvalue weighted by Gasteiger charge is 2.20. The summed E-state index contributed by atoms with van der Waals surface area (Å²) in [5, 5.41) is 0. The topological polar surface area (TPSA) is 71.1 Å². The minimum absolute atomic E-state index is 0.202. The lowest BCUT2D eigenvalue weighted by molar-refractivity contribution is 0.0733. The summed E-state index contributed by atoms with van der Waals surface area (Å²) in [5.74, 6) is 0.620. The Hall–Kier alpha value is -3.80. The fourth-order valence-corrected chi connectivity index (χ4v) is 2.27. The molecule has 0 spiro atoms. The molecule has 0 bridgehead atoms. The van der Waals surface area contributed by atoms with Gasteiger partial charge in [0.1, 0.15) is 31.9 Å². The Morgan fingerprint density at radius 3 is 1.83 bits per heavy atom. The molecule has 0 aromatic heterocycles. The summed E-state index contributed by atoms with van der Waals surface area (Å²) in [6, 6.07) is 9.19. The Morgan fingerprint density at radius 1 is 0.828 bits per heavy atom. The van der Waals surface area contributed by atoms with Crippen molar-refractivity contribution in [3.8, 4) is 23.0 Å². The normalized spacial score (nSPS) is 9.79. The molecule has 2 rings (SSSR count). The highest BCUT2D eigenvalue weighted by Crippen LogP contribution is 2.39. The van der Waals surface area contributed by atoms with E-state index in [1.54, 1.807) is 30.4 Å². The second kappa shape index (κ2) is 11.1. The van der Waals surface area contributed by atoms with Gasteiger partial charge in [0.25, 0.3) is 0 Å². The van der Waals surface area contributed by atoms with Gasteiger partial charge in [0.15, 0.2) is 11.5 Å². The number of benzene rings is 2. The number of ether oxygens (including phenoxy) is 4. The first kappa shape index (κ1) is 21.5. The van der Waals surface area contributed by atoms with Crippen LogP contribution in [0.5, 0.6) is 23.0 Å². The number of hydrogen-bond donors (Lipinski definition) is 0. The zero-order valence-corrected chi connectivity index (χ0v) is 16.0. The van der Waals surface area contributed by atoms with E-state index in [0.717, 1.165) is 0 Å². The molecule has 0 aliphatic heterocycles. The first-order valence-electron chi connectivity index (χ1n) is 8.79. The van der Waals surface area contributed by atoms with Gasteiger partial charge in [0, 0.05) is 5.56 Å². The van der Waals surface area contributed by atoms with Crippen molar-refractivity contribution in [2.24, 2.45) is 0 Å². The minimum Gasteiger partial charge on any atom is -0.485 e. The number of hydrogen-bond acceptors (Lipinski definition) is 6. The molecule has 0 saturated heterocycles. The van der Waals surface area contributed by atoms with Crippen molar-refractivity contribution in [2.75, 3.05) is 19.8 Å². The van der Waals surface area contributed by atoms with Crippen LogP contribution < -0.4 is 18.9 Å². The summed E-state index contributed by atoms with van der Waals surface area (Å²) in [6.07, 6.45) is 5.43. The van der Waals surface area contributed by atoms with Crippen molar-refractivity contribution in [1.82, 2.24) is 0 Å². The molecular weight excluding hydrogens is 372 g/mol. The lowest BCUT2D eigenvalue weighted by Gasteiger charge is -2.17. The van der Waals surface area contributed by atoms with Crippen molar-refractivity contribution in [3.63, 3.8) is 0 Å². The van der Waals surface area contributed by atoms with Crippen LogP contribution >= 0.6 is 0 Å². The monoisotopic (exact) mass is 394 g/mol. The maximum atomic E-state index is 12.6. The lowest BCUT2D eigenvalue weighted by atomic mass is 10.1. The van der Waals surface area contributed by atoms with Crippen molar-refractivity contribution < 1.29 is 28.5 Å². The lowest BCUT2D eigenvalue weighted by Crippen LogP contribution is -2.11. The largest absolute Gasteiger partial charge is 0.485 e. The van der Waals surface area contributed by atoms with Crippen LogP contribution in [0.4, 0.5) is 0 Å². The second-order valence-corrected chi connectivity index (χ2v) is 5.68. The maximum Gasteiger partial charge on any atom is 0.343 e. The van der Waals surface area contributed by atoms with Gasteiger partial charge in [-0.2, -0.15) is 0 Å². The Kier molecular flexibility index (Phi) is 8.26. The summed E-state index contributed by atoms with van der Waals surface area (Å²) in [7, 11) is 0. The van der Waals surface area contributed by atoms with E-state index in [9.17, 15) is 9.59 Å². The van der Waals surface area contributed by atoms with E-state index in [0.29, 0.717) is 34.8 Å². The molecule has 0 heterocycles. The number of carbonyl (C=O) groups is 2. The first-order chi connectivity index (χ1) is 14.1. The molecule has 0 radical (unpaired) electrons. The van der Waals surface area contributed by atoms with Crippen molar-refractivity contribution in [3.05, 3.63) is 85.5 Å². The Labute approximate surface area is 169 Å². The van der Waals surface area contributed by atoms with E-state index in [-0.39, 0.29) is 25.4 Å². The van der Waals surface area contributed by atoms with Gasteiger partial charge < -0.3 is 18.9 Å². The molecule has 0 atom stereocenters. The summed E-state index contributed by atoms with van der Waals surface area (Å²) < 4.78 is 22.3. The van der Waals surface area contributed by atoms with Crippen molar-refractivity contribution >= 4 is 12.3 Å². The molecule has 0 fully saturated rings. The molecule has 0 unspecified atom stereocenters. The zero-order chi connectivity index (χ0) is 21.1. The predicted molar refractivity (Wildman–Crippen MR) is 110 cm³/mol. The molecule has 0 N–H and O–H groups in total. The second-order valence-electron chi connectivity index (χ2n) is 5.68. The summed E-state index contributed by atoms with van der Waals surface area (Å²) in [4.78, 5) is 23.4. The smallest absolute Gasteiger partial charge is 0.343 e. The maximum absolute atomic E-state index is 12.6. The molecule has 29 heavy (non-hydrogen) atoms. The van der Waals surface area contributed by atoms with E-state index in [1.165, 1.54) is 24.3 Å². The van der Waals surface area contributed by atoms with Gasteiger partial charge in [-0.25, -0.2) is 4.79 Å². The third-order valence-corrected chi connectivity index (χ3v) is 3.54. The van der Waals surface area contributed by atoms with Gasteiger partial charge in [-0.15, -0.1) is 0 Å². The SMILES string of the molecule is C=CCOc1cc(C(=O)Oc2ccc(C=O)cc2)cc(OCC=C)c1OCC=C. The average Bonchev–Trinajstić information content (AvgIpc) is 2.75. The van der Waals surface area contributed by atoms with E-state index in [2.05, 4.69) is 19.7 Å². The van der Waals surface area contributed by atoms with E-state index >= 15 is 0 Å². The molecule has 0 amide bonds. The molecule has 2 aromatic carbocycles. The van der Waals surface area contributed by atoms with E-state index in [4.69, 9.17) is 18.9 Å². The molecule has 0 aliphatic rings. The average molecular weight is 394 g/mol. The molecule has 0 aliphatic carbocycles. The predicted octanol–water partition coefficient (Wildman–Crippen LogP) is 4.41. The van der Waals surface area contributed by atoms with E-state index < -0.39 is 5.97 Å². The molecule has 150 valence electrons. The fraction of sp³-hybridized carbons (Fsp3) is 0.130. The van der Waals surface area contributed by atoms with Gasteiger partial charge in [-0.1, -0.05) is 38.0 Å². The summed E-state index contributed by atoms with van der Waals surface area (Å²) >= 11 is 0. The molecule has 6 nitrogen and oxygen atoms in total. The van der Waals surface area contributed by atoms with Gasteiger partial charge in [-0.3, -0.25) is 4.79 Å². The number of esters is 1. The minimum atomic E-state index is -0.619. The van der Waals surface area contributed by atoms with Gasteiger partial charge in [0.05, 0.1) is 5.56 Å². The summed E-state index contributed by atoms with van der Waals surface area (Å²) in [5.41, 5.74) is 0.683. The fourth-order valence-electron chi connectivity index (χ4n) is 2.27. The first-order valence-corrected chi connectivity index (χ1v) is 8.79. The molecule has 0 saturated carbocycles. The Balaban J connectivity index is 2.38. The van der Waals surface area contributed by atoms with Gasteiger partial charge >= 0.3 is 5.97 Å². The van der Waals surface area contributed by atoms with Crippen LogP contribution in [0.1, 0.15) is 20.7 Å². The van der Waals surface area contributed by atoms with Crippen LogP contribution in [0.3, 0.4) is 0 Å². The van der Waals surface area contributed by atoms with E-state index in [1.807, 2.05) is 0 Å². The Bertz CT molecular complexity index is 850. The van der Waals surface area contributed by atoms with Crippen LogP contribution in [0.25, 0.3) is 0 Å². The zero-order valence-electron chi connectivity index (χ0n) is 16.0. The van der Waals surface area contributed by atoms with Crippen LogP contribution in [0.15, 0.2) is 74.4 Å². The third-order valence-electron chi connectivity index (χ3n) is 3.54. The Morgan fingerprint density at radius 2 is 1.34 bits per heavy atom. The highest BCUT2D eigenvalue weighted by atomic mass is 16.5. The molecule has 6 heteroatoms. The van der Waals surface area contributed by atoms with Crippen LogP contribution in [-0.2, 0) is 0 Å². The number of carbonyl (C=O) groups excluding carboxylic acids is 2. The third kappa shape index (κ3) is 6.10. The number of aldehydes is 1. The number of rotatable bonds is 12. The van der Waals surface area contributed by atoms with Crippen LogP contribution in [-0.4, -0.2) is 32.1 Å². The van der Waals surface area contributed by atoms with Crippen molar-refractivity contribution in [1.29, 1.82) is 0 Å². The standard InChI is InChI=1S/C23H22O6/c1-4-11-26-20-14-18(15-21(27-12-5-2)22(20)28-13-6-3)23(25)29-19-9-7-17(16-24)8-10-19/h4-10,14-16H,1-3,11-13H2. The molecule has 2 aromatic rings. The van der Waals surface area contributed by atoms with Gasteiger partial charge in [-0.05, 0) is 36.4 Å². The summed E-state index contributed by atoms with van der Waals surface area (Å²) in [6.45, 7) is 11.5. The highest BCUT2D eigenvalue weighted by molar-refractivity contribution is 5.92. The van der Waals surface area contributed by atoms with Gasteiger partial charge in [0.2, 0.25) is 5.75 Å². The van der Waals surface area contributed by atoms with Crippen molar-refractivity contribution in [2.45, 2.75) is 0 Å². The quantitative estimate of drug-likeness (QED) is 0.230.